The zero-order valence-corrected chi connectivity index (χ0v) is 13.2. The molecule has 0 radical (unpaired) electrons. The van der Waals surface area contributed by atoms with Gasteiger partial charge in [0.1, 0.15) is 5.82 Å². The fourth-order valence-electron chi connectivity index (χ4n) is 2.41. The fourth-order valence-corrected chi connectivity index (χ4v) is 3.53. The molecular formula is C16H20FN3S. The largest absolute Gasteiger partial charge is 0.347 e. The average molecular weight is 305 g/mol. The molecule has 112 valence electrons. The Morgan fingerprint density at radius 1 is 1.33 bits per heavy atom. The number of rotatable bonds is 6. The smallest absolute Gasteiger partial charge is 0.185 e. The van der Waals surface area contributed by atoms with Gasteiger partial charge in [0.2, 0.25) is 0 Å². The second kappa shape index (κ2) is 6.12. The molecule has 3 rings (SSSR count). The van der Waals surface area contributed by atoms with Crippen molar-refractivity contribution in [1.29, 1.82) is 0 Å². The summed E-state index contributed by atoms with van der Waals surface area (Å²) in [6.45, 7) is 1.63. The van der Waals surface area contributed by atoms with Crippen molar-refractivity contribution in [3.63, 3.8) is 0 Å². The third-order valence-electron chi connectivity index (χ3n) is 3.68. The molecule has 1 heterocycles. The summed E-state index contributed by atoms with van der Waals surface area (Å²) < 4.78 is 13.0. The van der Waals surface area contributed by atoms with E-state index in [1.165, 1.54) is 35.5 Å². The van der Waals surface area contributed by atoms with Crippen LogP contribution in [0.25, 0.3) is 0 Å². The minimum Gasteiger partial charge on any atom is -0.347 e. The molecule has 0 atom stereocenters. The van der Waals surface area contributed by atoms with Crippen LogP contribution < -0.4 is 10.2 Å². The molecule has 1 aliphatic rings. The third kappa shape index (κ3) is 3.41. The molecule has 0 amide bonds. The lowest BCUT2D eigenvalue weighted by Crippen LogP contribution is -2.16. The van der Waals surface area contributed by atoms with E-state index in [1.54, 1.807) is 11.3 Å². The summed E-state index contributed by atoms with van der Waals surface area (Å²) >= 11 is 1.76. The highest BCUT2D eigenvalue weighted by Gasteiger charge is 2.29. The molecular weight excluding hydrogens is 285 g/mol. The molecule has 0 aliphatic heterocycles. The number of hydrogen-bond acceptors (Lipinski definition) is 4. The van der Waals surface area contributed by atoms with E-state index in [2.05, 4.69) is 10.2 Å². The summed E-state index contributed by atoms with van der Waals surface area (Å²) in [6, 6.07) is 6.67. The van der Waals surface area contributed by atoms with Gasteiger partial charge in [0.05, 0.1) is 5.69 Å². The number of aromatic nitrogens is 1. The summed E-state index contributed by atoms with van der Waals surface area (Å²) in [5, 5.41) is 4.27. The van der Waals surface area contributed by atoms with E-state index in [-0.39, 0.29) is 5.82 Å². The first-order valence-corrected chi connectivity index (χ1v) is 8.09. The molecule has 0 bridgehead atoms. The van der Waals surface area contributed by atoms with Crippen molar-refractivity contribution < 1.29 is 4.39 Å². The SMILES string of the molecule is CNCc1sc(N(C)Cc2ccc(F)cc2)nc1C1CC1. The van der Waals surface area contributed by atoms with Crippen LogP contribution in [0.3, 0.4) is 0 Å². The molecule has 3 nitrogen and oxygen atoms in total. The Hall–Kier alpha value is -1.46. The summed E-state index contributed by atoms with van der Waals surface area (Å²) in [6.07, 6.45) is 2.53. The molecule has 2 aromatic rings. The van der Waals surface area contributed by atoms with Crippen LogP contribution in [0.4, 0.5) is 9.52 Å². The van der Waals surface area contributed by atoms with Crippen LogP contribution in [0.1, 0.15) is 34.9 Å². The van der Waals surface area contributed by atoms with Crippen molar-refractivity contribution in [2.75, 3.05) is 19.0 Å². The lowest BCUT2D eigenvalue weighted by Gasteiger charge is -2.15. The summed E-state index contributed by atoms with van der Waals surface area (Å²) in [5.74, 6) is 0.473. The minimum atomic E-state index is -0.192. The number of anilines is 1. The Morgan fingerprint density at radius 2 is 2.05 bits per heavy atom. The molecule has 0 unspecified atom stereocenters. The van der Waals surface area contributed by atoms with Gasteiger partial charge in [-0.15, -0.1) is 11.3 Å². The predicted octanol–water partition coefficient (Wildman–Crippen LogP) is 3.52. The molecule has 1 aliphatic carbocycles. The van der Waals surface area contributed by atoms with E-state index in [9.17, 15) is 4.39 Å². The number of thiazole rings is 1. The Morgan fingerprint density at radius 3 is 2.67 bits per heavy atom. The number of nitrogens with zero attached hydrogens (tertiary/aromatic N) is 2. The maximum absolute atomic E-state index is 13.0. The maximum atomic E-state index is 13.0. The van der Waals surface area contributed by atoms with Crippen molar-refractivity contribution in [2.24, 2.45) is 0 Å². The molecule has 21 heavy (non-hydrogen) atoms. The first-order valence-electron chi connectivity index (χ1n) is 7.27. The van der Waals surface area contributed by atoms with Gasteiger partial charge >= 0.3 is 0 Å². The van der Waals surface area contributed by atoms with E-state index in [4.69, 9.17) is 4.98 Å². The van der Waals surface area contributed by atoms with Gasteiger partial charge in [-0.25, -0.2) is 9.37 Å². The minimum absolute atomic E-state index is 0.192. The van der Waals surface area contributed by atoms with Crippen molar-refractivity contribution >= 4 is 16.5 Å². The zero-order chi connectivity index (χ0) is 14.8. The average Bonchev–Trinajstić information content (AvgIpc) is 3.23. The highest BCUT2D eigenvalue weighted by atomic mass is 32.1. The van der Waals surface area contributed by atoms with Gasteiger partial charge in [-0.2, -0.15) is 0 Å². The number of halogens is 1. The number of nitrogens with one attached hydrogen (secondary N) is 1. The molecule has 0 saturated heterocycles. The Bertz CT molecular complexity index is 604. The Kier molecular flexibility index (Phi) is 4.22. The van der Waals surface area contributed by atoms with Gasteiger partial charge < -0.3 is 10.2 Å². The molecule has 1 fully saturated rings. The Balaban J connectivity index is 1.75. The van der Waals surface area contributed by atoms with Gasteiger partial charge in [-0.1, -0.05) is 12.1 Å². The van der Waals surface area contributed by atoms with E-state index in [1.807, 2.05) is 26.2 Å². The lowest BCUT2D eigenvalue weighted by molar-refractivity contribution is 0.627. The van der Waals surface area contributed by atoms with Gasteiger partial charge in [0.25, 0.3) is 0 Å². The summed E-state index contributed by atoms with van der Waals surface area (Å²) in [7, 11) is 4.01. The molecule has 1 aromatic heterocycles. The molecule has 1 saturated carbocycles. The fraction of sp³-hybridized carbons (Fsp3) is 0.438. The first kappa shape index (κ1) is 14.5. The van der Waals surface area contributed by atoms with Gasteiger partial charge in [-0.3, -0.25) is 0 Å². The molecule has 0 spiro atoms. The monoisotopic (exact) mass is 305 g/mol. The van der Waals surface area contributed by atoms with Gasteiger partial charge in [0, 0.05) is 30.9 Å². The van der Waals surface area contributed by atoms with Crippen molar-refractivity contribution in [2.45, 2.75) is 31.8 Å². The zero-order valence-electron chi connectivity index (χ0n) is 12.4. The van der Waals surface area contributed by atoms with Crippen molar-refractivity contribution in [1.82, 2.24) is 10.3 Å². The summed E-state index contributed by atoms with van der Waals surface area (Å²) in [5.41, 5.74) is 2.37. The van der Waals surface area contributed by atoms with E-state index in [0.29, 0.717) is 5.92 Å². The normalized spacial score (nSPS) is 14.4. The number of benzene rings is 1. The highest BCUT2D eigenvalue weighted by molar-refractivity contribution is 7.15. The van der Waals surface area contributed by atoms with Gasteiger partial charge in [0.15, 0.2) is 5.13 Å². The van der Waals surface area contributed by atoms with Crippen LogP contribution in [-0.4, -0.2) is 19.1 Å². The quantitative estimate of drug-likeness (QED) is 0.885. The third-order valence-corrected chi connectivity index (χ3v) is 4.86. The maximum Gasteiger partial charge on any atom is 0.185 e. The Labute approximate surface area is 128 Å². The molecule has 1 N–H and O–H groups in total. The van der Waals surface area contributed by atoms with Crippen molar-refractivity contribution in [3.8, 4) is 0 Å². The predicted molar refractivity (Wildman–Crippen MR) is 85.4 cm³/mol. The topological polar surface area (TPSA) is 28.2 Å². The molecule has 5 heteroatoms. The van der Waals surface area contributed by atoms with Crippen LogP contribution in [0, 0.1) is 5.82 Å². The van der Waals surface area contributed by atoms with Crippen LogP contribution >= 0.6 is 11.3 Å². The van der Waals surface area contributed by atoms with Crippen LogP contribution in [0.15, 0.2) is 24.3 Å². The highest BCUT2D eigenvalue weighted by Crippen LogP contribution is 2.44. The van der Waals surface area contributed by atoms with Crippen molar-refractivity contribution in [3.05, 3.63) is 46.2 Å². The summed E-state index contributed by atoms with van der Waals surface area (Å²) in [4.78, 5) is 8.32. The first-order chi connectivity index (χ1) is 10.2. The second-order valence-corrected chi connectivity index (χ2v) is 6.65. The van der Waals surface area contributed by atoms with E-state index < -0.39 is 0 Å². The second-order valence-electron chi connectivity index (χ2n) is 5.59. The lowest BCUT2D eigenvalue weighted by atomic mass is 10.2. The van der Waals surface area contributed by atoms with Crippen LogP contribution in [-0.2, 0) is 13.1 Å². The van der Waals surface area contributed by atoms with E-state index in [0.717, 1.165) is 23.8 Å². The van der Waals surface area contributed by atoms with Crippen LogP contribution in [0.2, 0.25) is 0 Å². The molecule has 1 aromatic carbocycles. The van der Waals surface area contributed by atoms with Gasteiger partial charge in [-0.05, 0) is 37.6 Å². The number of hydrogen-bond donors (Lipinski definition) is 1. The van der Waals surface area contributed by atoms with E-state index >= 15 is 0 Å². The van der Waals surface area contributed by atoms with Crippen LogP contribution in [0.5, 0.6) is 0 Å². The standard InChI is InChI=1S/C16H20FN3S/c1-18-9-14-15(12-5-6-12)19-16(21-14)20(2)10-11-3-7-13(17)8-4-11/h3-4,7-8,12,18H,5-6,9-10H2,1-2H3.